The van der Waals surface area contributed by atoms with Crippen molar-refractivity contribution in [3.05, 3.63) is 47.5 Å². The van der Waals surface area contributed by atoms with Crippen molar-refractivity contribution in [2.24, 2.45) is 0 Å². The molecule has 1 unspecified atom stereocenters. The topological polar surface area (TPSA) is 89.1 Å². The van der Waals surface area contributed by atoms with Crippen molar-refractivity contribution in [1.29, 1.82) is 0 Å². The Balaban J connectivity index is 1.30. The molecule has 0 aliphatic carbocycles. The van der Waals surface area contributed by atoms with Gasteiger partial charge in [0.15, 0.2) is 11.5 Å². The second kappa shape index (κ2) is 9.35. The maximum Gasteiger partial charge on any atom is 0.410 e. The molecule has 0 saturated carbocycles. The highest BCUT2D eigenvalue weighted by atomic mass is 35.5. The molecule has 2 aromatic carbocycles. The summed E-state index contributed by atoms with van der Waals surface area (Å²) in [6, 6.07) is 7.97. The summed E-state index contributed by atoms with van der Waals surface area (Å²) in [6.45, 7) is 3.22. The molecule has 1 aromatic heterocycles. The Morgan fingerprint density at radius 3 is 2.83 bits per heavy atom. The molecule has 1 spiro atoms. The van der Waals surface area contributed by atoms with Crippen molar-refractivity contribution >= 4 is 40.1 Å². The minimum atomic E-state index is -0.493. The molecule has 11 heteroatoms. The lowest BCUT2D eigenvalue weighted by Crippen LogP contribution is -2.38. The number of aromatic nitrogens is 2. The molecule has 2 fully saturated rings. The van der Waals surface area contributed by atoms with Crippen LogP contribution in [0.3, 0.4) is 0 Å². The number of nitrogens with one attached hydrogen (secondary N) is 1. The molecular formula is C24H25ClFN5O4. The van der Waals surface area contributed by atoms with E-state index in [9.17, 15) is 9.18 Å². The molecule has 1 amide bonds. The van der Waals surface area contributed by atoms with E-state index in [0.29, 0.717) is 60.1 Å². The van der Waals surface area contributed by atoms with E-state index >= 15 is 0 Å². The van der Waals surface area contributed by atoms with Crippen LogP contribution in [0.25, 0.3) is 10.9 Å². The minimum absolute atomic E-state index is 0.0155. The SMILES string of the molecule is COc1cc2ncnc(Nc3ccc(F)c(Cl)c3)c2cc1OCCN1CCC2(C1)CN(C)C(=O)O2. The number of carbonyl (C=O) groups excluding carboxylic acids is 1. The predicted octanol–water partition coefficient (Wildman–Crippen LogP) is 4.08. The Morgan fingerprint density at radius 1 is 1.23 bits per heavy atom. The first-order valence-corrected chi connectivity index (χ1v) is 11.6. The Morgan fingerprint density at radius 2 is 2.09 bits per heavy atom. The van der Waals surface area contributed by atoms with Gasteiger partial charge in [0.2, 0.25) is 0 Å². The lowest BCUT2D eigenvalue weighted by Gasteiger charge is -2.22. The third-order valence-electron chi connectivity index (χ3n) is 6.30. The van der Waals surface area contributed by atoms with Crippen molar-refractivity contribution in [1.82, 2.24) is 19.8 Å². The number of anilines is 2. The van der Waals surface area contributed by atoms with Gasteiger partial charge in [-0.3, -0.25) is 4.90 Å². The van der Waals surface area contributed by atoms with Gasteiger partial charge in [-0.1, -0.05) is 11.6 Å². The summed E-state index contributed by atoms with van der Waals surface area (Å²) in [6.07, 6.45) is 1.98. The molecule has 1 atom stereocenters. The number of halogens is 2. The summed E-state index contributed by atoms with van der Waals surface area (Å²) in [7, 11) is 3.33. The Kier molecular flexibility index (Phi) is 6.24. The molecule has 0 bridgehead atoms. The van der Waals surface area contributed by atoms with Crippen LogP contribution in [0.1, 0.15) is 6.42 Å². The number of likely N-dealkylation sites (N-methyl/N-ethyl adjacent to an activating group) is 1. The van der Waals surface area contributed by atoms with E-state index in [1.165, 1.54) is 18.5 Å². The first kappa shape index (κ1) is 23.4. The summed E-state index contributed by atoms with van der Waals surface area (Å²) in [5.41, 5.74) is 0.831. The first-order chi connectivity index (χ1) is 16.9. The molecule has 184 valence electrons. The number of methoxy groups -OCH3 is 1. The highest BCUT2D eigenvalue weighted by Gasteiger charge is 2.48. The Labute approximate surface area is 206 Å². The van der Waals surface area contributed by atoms with Gasteiger partial charge in [0, 0.05) is 50.2 Å². The van der Waals surface area contributed by atoms with E-state index in [0.717, 1.165) is 13.0 Å². The summed E-state index contributed by atoms with van der Waals surface area (Å²) in [5.74, 6) is 1.14. The molecule has 9 nitrogen and oxygen atoms in total. The maximum absolute atomic E-state index is 13.5. The molecule has 1 N–H and O–H groups in total. The zero-order valence-electron chi connectivity index (χ0n) is 19.4. The third kappa shape index (κ3) is 4.76. The van der Waals surface area contributed by atoms with Crippen molar-refractivity contribution in [2.75, 3.05) is 52.3 Å². The van der Waals surface area contributed by atoms with Crippen LogP contribution in [0, 0.1) is 5.82 Å². The summed E-state index contributed by atoms with van der Waals surface area (Å²) >= 11 is 5.91. The van der Waals surface area contributed by atoms with Gasteiger partial charge in [0.1, 0.15) is 30.2 Å². The van der Waals surface area contributed by atoms with Gasteiger partial charge in [-0.2, -0.15) is 0 Å². The zero-order chi connectivity index (χ0) is 24.6. The summed E-state index contributed by atoms with van der Waals surface area (Å²) in [5, 5.41) is 3.89. The quantitative estimate of drug-likeness (QED) is 0.518. The fraction of sp³-hybridized carbons (Fsp3) is 0.375. The number of benzene rings is 2. The smallest absolute Gasteiger partial charge is 0.410 e. The molecule has 2 aliphatic rings. The van der Waals surface area contributed by atoms with Crippen LogP contribution in [-0.2, 0) is 4.74 Å². The van der Waals surface area contributed by atoms with Crippen molar-refractivity contribution < 1.29 is 23.4 Å². The molecule has 3 aromatic rings. The van der Waals surface area contributed by atoms with Crippen molar-refractivity contribution in [3.8, 4) is 11.5 Å². The number of hydrogen-bond acceptors (Lipinski definition) is 8. The van der Waals surface area contributed by atoms with Crippen molar-refractivity contribution in [3.63, 3.8) is 0 Å². The van der Waals surface area contributed by atoms with E-state index in [1.54, 1.807) is 31.2 Å². The lowest BCUT2D eigenvalue weighted by atomic mass is 10.0. The average molecular weight is 502 g/mol. The zero-order valence-corrected chi connectivity index (χ0v) is 20.1. The lowest BCUT2D eigenvalue weighted by molar-refractivity contribution is 0.0621. The molecule has 5 rings (SSSR count). The largest absolute Gasteiger partial charge is 0.493 e. The van der Waals surface area contributed by atoms with E-state index in [2.05, 4.69) is 20.2 Å². The molecule has 3 heterocycles. The maximum atomic E-state index is 13.5. The van der Waals surface area contributed by atoms with Crippen LogP contribution in [0.5, 0.6) is 11.5 Å². The first-order valence-electron chi connectivity index (χ1n) is 11.2. The molecule has 2 saturated heterocycles. The Bertz CT molecular complexity index is 1280. The van der Waals surface area contributed by atoms with E-state index in [4.69, 9.17) is 25.8 Å². The standard InChI is InChI=1S/C24H25ClFN5O4/c1-30-12-24(35-23(30)32)5-6-31(13-24)7-8-34-21-10-16-19(11-20(21)33-2)27-14-28-22(16)29-15-3-4-18(26)17(25)9-15/h3-4,9-11,14H,5-8,12-13H2,1-2H3,(H,27,28,29). The highest BCUT2D eigenvalue weighted by molar-refractivity contribution is 6.31. The second-order valence-corrected chi connectivity index (χ2v) is 9.19. The van der Waals surface area contributed by atoms with Gasteiger partial charge >= 0.3 is 6.09 Å². The van der Waals surface area contributed by atoms with Crippen molar-refractivity contribution in [2.45, 2.75) is 12.0 Å². The number of carbonyl (C=O) groups is 1. The van der Waals surface area contributed by atoms with Gasteiger partial charge in [-0.15, -0.1) is 0 Å². The Hall–Kier alpha value is -3.37. The molecule has 2 aliphatic heterocycles. The number of amides is 1. The molecule has 0 radical (unpaired) electrons. The number of fused-ring (bicyclic) bond motifs is 1. The number of hydrogen-bond donors (Lipinski definition) is 1. The van der Waals surface area contributed by atoms with Crippen LogP contribution in [0.2, 0.25) is 5.02 Å². The van der Waals surface area contributed by atoms with E-state index < -0.39 is 11.4 Å². The van der Waals surface area contributed by atoms with Gasteiger partial charge in [0.05, 0.1) is 24.2 Å². The third-order valence-corrected chi connectivity index (χ3v) is 6.59. The van der Waals surface area contributed by atoms with E-state index in [-0.39, 0.29) is 11.1 Å². The van der Waals surface area contributed by atoms with Crippen LogP contribution < -0.4 is 14.8 Å². The summed E-state index contributed by atoms with van der Waals surface area (Å²) < 4.78 is 30.8. The molecule has 35 heavy (non-hydrogen) atoms. The van der Waals surface area contributed by atoms with Gasteiger partial charge in [-0.05, 0) is 24.3 Å². The fourth-order valence-corrected chi connectivity index (χ4v) is 4.73. The highest BCUT2D eigenvalue weighted by Crippen LogP contribution is 2.36. The summed E-state index contributed by atoms with van der Waals surface area (Å²) in [4.78, 5) is 24.3. The van der Waals surface area contributed by atoms with Crippen LogP contribution in [-0.4, -0.2) is 78.4 Å². The monoisotopic (exact) mass is 501 g/mol. The number of likely N-dealkylation sites (tertiary alicyclic amines) is 1. The predicted molar refractivity (Wildman–Crippen MR) is 129 cm³/mol. The number of rotatable bonds is 7. The van der Waals surface area contributed by atoms with Gasteiger partial charge in [0.25, 0.3) is 0 Å². The second-order valence-electron chi connectivity index (χ2n) is 8.78. The normalized spacial score (nSPS) is 20.0. The number of ether oxygens (including phenoxy) is 3. The minimum Gasteiger partial charge on any atom is -0.493 e. The van der Waals surface area contributed by atoms with Gasteiger partial charge < -0.3 is 24.4 Å². The van der Waals surface area contributed by atoms with Crippen LogP contribution >= 0.6 is 11.6 Å². The van der Waals surface area contributed by atoms with Crippen LogP contribution in [0.15, 0.2) is 36.7 Å². The fourth-order valence-electron chi connectivity index (χ4n) is 4.55. The molecular weight excluding hydrogens is 477 g/mol. The van der Waals surface area contributed by atoms with E-state index in [1.807, 2.05) is 6.07 Å². The van der Waals surface area contributed by atoms with Gasteiger partial charge in [-0.25, -0.2) is 19.2 Å². The average Bonchev–Trinajstić information content (AvgIpc) is 3.36. The number of nitrogens with zero attached hydrogens (tertiary/aromatic N) is 4. The van der Waals surface area contributed by atoms with Crippen LogP contribution in [0.4, 0.5) is 20.7 Å².